The number of benzene rings is 2. The van der Waals surface area contributed by atoms with Gasteiger partial charge in [-0.15, -0.1) is 0 Å². The number of rotatable bonds is 7. The van der Waals surface area contributed by atoms with Gasteiger partial charge < -0.3 is 14.8 Å². The van der Waals surface area contributed by atoms with E-state index in [0.29, 0.717) is 13.2 Å². The normalized spacial score (nSPS) is 15.2. The largest absolute Gasteiger partial charge is 0.490 e. The molecule has 1 N–H and O–H groups in total. The summed E-state index contributed by atoms with van der Waals surface area (Å²) in [6.07, 6.45) is 1.95. The molecule has 1 fully saturated rings. The average Bonchev–Trinajstić information content (AvgIpc) is 2.64. The SMILES string of the molecule is CCOc1ccccc1OC1CCN(CC(=O)Nc2cc(C)cc(C)c2)CC1. The number of piperidine rings is 1. The molecule has 150 valence electrons. The topological polar surface area (TPSA) is 50.8 Å². The molecule has 0 aliphatic carbocycles. The van der Waals surface area contributed by atoms with Crippen molar-refractivity contribution < 1.29 is 14.3 Å². The highest BCUT2D eigenvalue weighted by Gasteiger charge is 2.23. The smallest absolute Gasteiger partial charge is 0.238 e. The second-order valence-corrected chi connectivity index (χ2v) is 7.40. The maximum absolute atomic E-state index is 12.4. The van der Waals surface area contributed by atoms with Crippen LogP contribution in [0.4, 0.5) is 5.69 Å². The molecule has 0 atom stereocenters. The summed E-state index contributed by atoms with van der Waals surface area (Å²) in [6, 6.07) is 13.9. The first-order valence-electron chi connectivity index (χ1n) is 10.0. The van der Waals surface area contributed by atoms with E-state index in [4.69, 9.17) is 9.47 Å². The van der Waals surface area contributed by atoms with Crippen molar-refractivity contribution in [1.29, 1.82) is 0 Å². The molecule has 5 nitrogen and oxygen atoms in total. The third-order valence-electron chi connectivity index (χ3n) is 4.85. The molecular formula is C23H30N2O3. The van der Waals surface area contributed by atoms with Gasteiger partial charge in [0.2, 0.25) is 5.91 Å². The van der Waals surface area contributed by atoms with E-state index in [2.05, 4.69) is 16.3 Å². The van der Waals surface area contributed by atoms with Crippen molar-refractivity contribution in [2.45, 2.75) is 39.7 Å². The quantitative estimate of drug-likeness (QED) is 0.780. The van der Waals surface area contributed by atoms with Crippen LogP contribution in [0.2, 0.25) is 0 Å². The van der Waals surface area contributed by atoms with E-state index >= 15 is 0 Å². The maximum atomic E-state index is 12.4. The van der Waals surface area contributed by atoms with Gasteiger partial charge in [-0.1, -0.05) is 18.2 Å². The monoisotopic (exact) mass is 382 g/mol. The molecule has 2 aromatic rings. The summed E-state index contributed by atoms with van der Waals surface area (Å²) in [5.74, 6) is 1.63. The van der Waals surface area contributed by atoms with Crippen LogP contribution in [0, 0.1) is 13.8 Å². The first kappa shape index (κ1) is 20.2. The standard InChI is InChI=1S/C23H30N2O3/c1-4-27-21-7-5-6-8-22(21)28-20-9-11-25(12-10-20)16-23(26)24-19-14-17(2)13-18(3)15-19/h5-8,13-15,20H,4,9-12,16H2,1-3H3,(H,24,26). The summed E-state index contributed by atoms with van der Waals surface area (Å²) in [5, 5.41) is 3.02. The summed E-state index contributed by atoms with van der Waals surface area (Å²) in [4.78, 5) is 14.6. The molecule has 0 saturated carbocycles. The molecule has 0 bridgehead atoms. The lowest BCUT2D eigenvalue weighted by Crippen LogP contribution is -2.42. The lowest BCUT2D eigenvalue weighted by molar-refractivity contribution is -0.117. The van der Waals surface area contributed by atoms with Crippen LogP contribution in [0.3, 0.4) is 0 Å². The minimum atomic E-state index is 0.0334. The van der Waals surface area contributed by atoms with Gasteiger partial charge in [-0.25, -0.2) is 0 Å². The van der Waals surface area contributed by atoms with Crippen molar-refractivity contribution in [3.05, 3.63) is 53.6 Å². The number of aryl methyl sites for hydroxylation is 2. The first-order valence-corrected chi connectivity index (χ1v) is 10.0. The summed E-state index contributed by atoms with van der Waals surface area (Å²) < 4.78 is 11.8. The van der Waals surface area contributed by atoms with Gasteiger partial charge in [-0.05, 0) is 69.0 Å². The summed E-state index contributed by atoms with van der Waals surface area (Å²) in [5.41, 5.74) is 3.18. The number of amides is 1. The number of nitrogens with zero attached hydrogens (tertiary/aromatic N) is 1. The molecule has 0 aromatic heterocycles. The number of para-hydroxylation sites is 2. The van der Waals surface area contributed by atoms with Crippen LogP contribution in [0.25, 0.3) is 0 Å². The van der Waals surface area contributed by atoms with Crippen molar-refractivity contribution in [3.63, 3.8) is 0 Å². The van der Waals surface area contributed by atoms with E-state index in [-0.39, 0.29) is 12.0 Å². The van der Waals surface area contributed by atoms with Crippen LogP contribution in [0.15, 0.2) is 42.5 Å². The van der Waals surface area contributed by atoms with Crippen molar-refractivity contribution in [2.75, 3.05) is 31.6 Å². The molecule has 1 heterocycles. The number of carbonyl (C=O) groups excluding carboxylic acids is 1. The number of likely N-dealkylation sites (tertiary alicyclic amines) is 1. The lowest BCUT2D eigenvalue weighted by atomic mass is 10.1. The van der Waals surface area contributed by atoms with E-state index in [9.17, 15) is 4.79 Å². The molecule has 0 unspecified atom stereocenters. The minimum absolute atomic E-state index is 0.0334. The Morgan fingerprint density at radius 3 is 2.36 bits per heavy atom. The predicted molar refractivity (Wildman–Crippen MR) is 112 cm³/mol. The predicted octanol–water partition coefficient (Wildman–Crippen LogP) is 4.18. The molecule has 28 heavy (non-hydrogen) atoms. The molecular weight excluding hydrogens is 352 g/mol. The number of nitrogens with one attached hydrogen (secondary N) is 1. The van der Waals surface area contributed by atoms with Crippen molar-refractivity contribution in [1.82, 2.24) is 4.90 Å². The van der Waals surface area contributed by atoms with Gasteiger partial charge in [0.1, 0.15) is 6.10 Å². The maximum Gasteiger partial charge on any atom is 0.238 e. The first-order chi connectivity index (χ1) is 13.5. The fourth-order valence-electron chi connectivity index (χ4n) is 3.64. The Morgan fingerprint density at radius 2 is 1.71 bits per heavy atom. The molecule has 3 rings (SSSR count). The van der Waals surface area contributed by atoms with Crippen LogP contribution in [-0.2, 0) is 4.79 Å². The summed E-state index contributed by atoms with van der Waals surface area (Å²) in [7, 11) is 0. The summed E-state index contributed by atoms with van der Waals surface area (Å²) in [6.45, 7) is 8.78. The van der Waals surface area contributed by atoms with Crippen molar-refractivity contribution in [3.8, 4) is 11.5 Å². The molecule has 5 heteroatoms. The number of anilines is 1. The zero-order valence-corrected chi connectivity index (χ0v) is 17.0. The van der Waals surface area contributed by atoms with E-state index < -0.39 is 0 Å². The molecule has 1 saturated heterocycles. The molecule has 2 aromatic carbocycles. The average molecular weight is 383 g/mol. The highest BCUT2D eigenvalue weighted by molar-refractivity contribution is 5.92. The van der Waals surface area contributed by atoms with Gasteiger partial charge in [0.05, 0.1) is 13.2 Å². The number of hydrogen-bond acceptors (Lipinski definition) is 4. The highest BCUT2D eigenvalue weighted by atomic mass is 16.5. The van der Waals surface area contributed by atoms with E-state index in [1.54, 1.807) is 0 Å². The Kier molecular flexibility index (Phi) is 6.93. The van der Waals surface area contributed by atoms with E-state index in [1.165, 1.54) is 0 Å². The molecule has 1 aliphatic rings. The fourth-order valence-corrected chi connectivity index (χ4v) is 3.64. The minimum Gasteiger partial charge on any atom is -0.490 e. The molecule has 0 spiro atoms. The molecule has 1 aliphatic heterocycles. The van der Waals surface area contributed by atoms with E-state index in [1.807, 2.05) is 57.2 Å². The Balaban J connectivity index is 1.47. The van der Waals surface area contributed by atoms with Crippen molar-refractivity contribution >= 4 is 11.6 Å². The Labute approximate surface area is 167 Å². The van der Waals surface area contributed by atoms with Gasteiger partial charge in [0.25, 0.3) is 0 Å². The van der Waals surface area contributed by atoms with Crippen LogP contribution < -0.4 is 14.8 Å². The lowest BCUT2D eigenvalue weighted by Gasteiger charge is -2.32. The van der Waals surface area contributed by atoms with Crippen molar-refractivity contribution in [2.24, 2.45) is 0 Å². The van der Waals surface area contributed by atoms with Gasteiger partial charge in [-0.3, -0.25) is 9.69 Å². The van der Waals surface area contributed by atoms with Crippen LogP contribution in [-0.4, -0.2) is 43.2 Å². The Bertz CT molecular complexity index is 778. The Morgan fingerprint density at radius 1 is 1.07 bits per heavy atom. The second kappa shape index (κ2) is 9.60. The van der Waals surface area contributed by atoms with E-state index in [0.717, 1.165) is 54.2 Å². The van der Waals surface area contributed by atoms with Gasteiger partial charge in [0, 0.05) is 18.8 Å². The zero-order valence-electron chi connectivity index (χ0n) is 17.0. The number of ether oxygens (including phenoxy) is 2. The Hall–Kier alpha value is -2.53. The van der Waals surface area contributed by atoms with Crippen LogP contribution >= 0.6 is 0 Å². The van der Waals surface area contributed by atoms with Gasteiger partial charge in [-0.2, -0.15) is 0 Å². The fraction of sp³-hybridized carbons (Fsp3) is 0.435. The number of hydrogen-bond donors (Lipinski definition) is 1. The third-order valence-corrected chi connectivity index (χ3v) is 4.85. The third kappa shape index (κ3) is 5.73. The zero-order chi connectivity index (χ0) is 19.9. The molecule has 1 amide bonds. The molecule has 0 radical (unpaired) electrons. The second-order valence-electron chi connectivity index (χ2n) is 7.40. The number of carbonyl (C=O) groups is 1. The van der Waals surface area contributed by atoms with Gasteiger partial charge in [0.15, 0.2) is 11.5 Å². The van der Waals surface area contributed by atoms with Crippen LogP contribution in [0.5, 0.6) is 11.5 Å². The van der Waals surface area contributed by atoms with Gasteiger partial charge >= 0.3 is 0 Å². The summed E-state index contributed by atoms with van der Waals surface area (Å²) >= 11 is 0. The van der Waals surface area contributed by atoms with Crippen LogP contribution in [0.1, 0.15) is 30.9 Å². The highest BCUT2D eigenvalue weighted by Crippen LogP contribution is 2.29.